The molecule has 2 aromatic carbocycles. The number of carboxylic acids is 1. The summed E-state index contributed by atoms with van der Waals surface area (Å²) in [5, 5.41) is 13.0. The zero-order valence-corrected chi connectivity index (χ0v) is 14.7. The zero-order chi connectivity index (χ0) is 19.1. The predicted octanol–water partition coefficient (Wildman–Crippen LogP) is 2.94. The second-order valence-electron chi connectivity index (χ2n) is 5.62. The summed E-state index contributed by atoms with van der Waals surface area (Å²) in [4.78, 5) is 23.4. The molecule has 0 bridgehead atoms. The third kappa shape index (κ3) is 4.83. The van der Waals surface area contributed by atoms with Crippen LogP contribution in [-0.4, -0.2) is 36.4 Å². The van der Waals surface area contributed by atoms with E-state index >= 15 is 0 Å². The van der Waals surface area contributed by atoms with Crippen LogP contribution in [0.4, 0.5) is 0 Å². The lowest BCUT2D eigenvalue weighted by Crippen LogP contribution is -2.18. The van der Waals surface area contributed by atoms with Gasteiger partial charge in [0.15, 0.2) is 11.5 Å². The van der Waals surface area contributed by atoms with E-state index in [0.29, 0.717) is 22.6 Å². The third-order valence-corrected chi connectivity index (χ3v) is 3.35. The first-order valence-corrected chi connectivity index (χ1v) is 7.92. The maximum atomic E-state index is 12.2. The van der Waals surface area contributed by atoms with Crippen molar-refractivity contribution in [3.05, 3.63) is 59.2 Å². The summed E-state index contributed by atoms with van der Waals surface area (Å²) in [6, 6.07) is 11.2. The summed E-state index contributed by atoms with van der Waals surface area (Å²) >= 11 is 0. The first-order chi connectivity index (χ1) is 12.4. The molecule has 0 heterocycles. The van der Waals surface area contributed by atoms with Gasteiger partial charge >= 0.3 is 5.97 Å². The van der Waals surface area contributed by atoms with Crippen LogP contribution >= 0.6 is 0 Å². The number of carboxylic acid groups (broad SMARTS) is 1. The molecule has 0 spiro atoms. The number of aromatic carboxylic acids is 1. The van der Waals surface area contributed by atoms with E-state index in [2.05, 4.69) is 10.5 Å². The second kappa shape index (κ2) is 8.66. The summed E-state index contributed by atoms with van der Waals surface area (Å²) in [5.74, 6) is -0.545. The number of nitrogens with one attached hydrogen (secondary N) is 1. The lowest BCUT2D eigenvalue weighted by molar-refractivity contribution is 0.0696. The van der Waals surface area contributed by atoms with Gasteiger partial charge in [-0.25, -0.2) is 10.2 Å². The number of benzene rings is 2. The molecule has 0 aliphatic heterocycles. The van der Waals surface area contributed by atoms with Crippen molar-refractivity contribution in [1.29, 1.82) is 0 Å². The Morgan fingerprint density at radius 2 is 1.88 bits per heavy atom. The Kier molecular flexibility index (Phi) is 6.32. The van der Waals surface area contributed by atoms with E-state index in [1.165, 1.54) is 19.4 Å². The Morgan fingerprint density at radius 1 is 1.15 bits per heavy atom. The van der Waals surface area contributed by atoms with Crippen LogP contribution in [0.25, 0.3) is 0 Å². The number of nitrogens with zero attached hydrogens (tertiary/aromatic N) is 1. The van der Waals surface area contributed by atoms with Crippen LogP contribution in [0.1, 0.15) is 40.1 Å². The minimum Gasteiger partial charge on any atom is -0.493 e. The normalized spacial score (nSPS) is 10.8. The monoisotopic (exact) mass is 356 g/mol. The highest BCUT2D eigenvalue weighted by Gasteiger charge is 2.12. The van der Waals surface area contributed by atoms with E-state index in [4.69, 9.17) is 14.6 Å². The Balaban J connectivity index is 2.12. The topological polar surface area (TPSA) is 97.2 Å². The molecule has 0 atom stereocenters. The van der Waals surface area contributed by atoms with Crippen LogP contribution in [-0.2, 0) is 0 Å². The van der Waals surface area contributed by atoms with Crippen molar-refractivity contribution < 1.29 is 24.2 Å². The molecule has 7 heteroatoms. The molecule has 0 fully saturated rings. The highest BCUT2D eigenvalue weighted by molar-refractivity contribution is 5.99. The van der Waals surface area contributed by atoms with Gasteiger partial charge in [0.1, 0.15) is 0 Å². The lowest BCUT2D eigenvalue weighted by atomic mass is 10.1. The van der Waals surface area contributed by atoms with Crippen molar-refractivity contribution >= 4 is 18.1 Å². The standard InChI is InChI=1S/C19H20N2O5/c1-12(2)26-16-9-8-13(10-17(16)25-3)18(22)21-20-11-14-6-4-5-7-15(14)19(23)24/h4-12H,1-3H3,(H,21,22)(H,23,24). The highest BCUT2D eigenvalue weighted by atomic mass is 16.5. The molecule has 0 aromatic heterocycles. The number of hydrazone groups is 1. The number of methoxy groups -OCH3 is 1. The molecule has 0 aliphatic carbocycles. The molecule has 7 nitrogen and oxygen atoms in total. The SMILES string of the molecule is COc1cc(C(=O)NN=Cc2ccccc2C(=O)O)ccc1OC(C)C. The molecule has 136 valence electrons. The molecule has 1 amide bonds. The number of rotatable bonds is 7. The van der Waals surface area contributed by atoms with Crippen molar-refractivity contribution in [3.8, 4) is 11.5 Å². The first kappa shape index (κ1) is 19.0. The highest BCUT2D eigenvalue weighted by Crippen LogP contribution is 2.28. The largest absolute Gasteiger partial charge is 0.493 e. The molecule has 2 N–H and O–H groups in total. The Morgan fingerprint density at radius 3 is 2.54 bits per heavy atom. The van der Waals surface area contributed by atoms with Gasteiger partial charge in [0.05, 0.1) is 25.0 Å². The molecule has 26 heavy (non-hydrogen) atoms. The number of amides is 1. The fourth-order valence-corrected chi connectivity index (χ4v) is 2.19. The fraction of sp³-hybridized carbons (Fsp3) is 0.211. The Hall–Kier alpha value is -3.35. The van der Waals surface area contributed by atoms with Crippen LogP contribution in [0, 0.1) is 0 Å². The molecule has 0 radical (unpaired) electrons. The maximum Gasteiger partial charge on any atom is 0.336 e. The molecule has 2 rings (SSSR count). The van der Waals surface area contributed by atoms with Gasteiger partial charge in [0.25, 0.3) is 5.91 Å². The van der Waals surface area contributed by atoms with Gasteiger partial charge in [-0.05, 0) is 38.1 Å². The molecule has 0 unspecified atom stereocenters. The molecule has 2 aromatic rings. The van der Waals surface area contributed by atoms with Gasteiger partial charge in [-0.1, -0.05) is 18.2 Å². The van der Waals surface area contributed by atoms with Crippen LogP contribution < -0.4 is 14.9 Å². The van der Waals surface area contributed by atoms with Gasteiger partial charge < -0.3 is 14.6 Å². The van der Waals surface area contributed by atoms with Crippen molar-refractivity contribution in [1.82, 2.24) is 5.43 Å². The van der Waals surface area contributed by atoms with E-state index in [1.54, 1.807) is 36.4 Å². The summed E-state index contributed by atoms with van der Waals surface area (Å²) in [6.45, 7) is 3.79. The van der Waals surface area contributed by atoms with Crippen molar-refractivity contribution in [2.24, 2.45) is 5.10 Å². The maximum absolute atomic E-state index is 12.2. The summed E-state index contributed by atoms with van der Waals surface area (Å²) in [6.07, 6.45) is 1.26. The van der Waals surface area contributed by atoms with Crippen molar-refractivity contribution in [2.75, 3.05) is 7.11 Å². The zero-order valence-electron chi connectivity index (χ0n) is 14.7. The minimum absolute atomic E-state index is 0.0255. The van der Waals surface area contributed by atoms with E-state index in [-0.39, 0.29) is 11.7 Å². The van der Waals surface area contributed by atoms with Crippen LogP contribution in [0.5, 0.6) is 11.5 Å². The smallest absolute Gasteiger partial charge is 0.336 e. The second-order valence-corrected chi connectivity index (χ2v) is 5.62. The van der Waals surface area contributed by atoms with E-state index in [9.17, 15) is 9.59 Å². The van der Waals surface area contributed by atoms with Gasteiger partial charge in [0.2, 0.25) is 0 Å². The molecule has 0 aliphatic rings. The molecule has 0 saturated carbocycles. The van der Waals surface area contributed by atoms with Gasteiger partial charge in [-0.15, -0.1) is 0 Å². The summed E-state index contributed by atoms with van der Waals surface area (Å²) < 4.78 is 10.8. The number of carbonyl (C=O) groups excluding carboxylic acids is 1. The average Bonchev–Trinajstić information content (AvgIpc) is 2.61. The van der Waals surface area contributed by atoms with E-state index in [1.807, 2.05) is 13.8 Å². The van der Waals surface area contributed by atoms with Gasteiger partial charge in [-0.3, -0.25) is 4.79 Å². The number of carbonyl (C=O) groups is 2. The molecular weight excluding hydrogens is 336 g/mol. The van der Waals surface area contributed by atoms with Crippen molar-refractivity contribution in [3.63, 3.8) is 0 Å². The Bertz CT molecular complexity index is 830. The summed E-state index contributed by atoms with van der Waals surface area (Å²) in [7, 11) is 1.49. The van der Waals surface area contributed by atoms with Crippen molar-refractivity contribution in [2.45, 2.75) is 20.0 Å². The number of hydrogen-bond donors (Lipinski definition) is 2. The number of hydrogen-bond acceptors (Lipinski definition) is 5. The van der Waals surface area contributed by atoms with Crippen LogP contribution in [0.15, 0.2) is 47.6 Å². The fourth-order valence-electron chi connectivity index (χ4n) is 2.19. The first-order valence-electron chi connectivity index (χ1n) is 7.92. The van der Waals surface area contributed by atoms with Crippen LogP contribution in [0.2, 0.25) is 0 Å². The minimum atomic E-state index is -1.07. The quantitative estimate of drug-likeness (QED) is 0.587. The van der Waals surface area contributed by atoms with Crippen LogP contribution in [0.3, 0.4) is 0 Å². The van der Waals surface area contributed by atoms with E-state index < -0.39 is 11.9 Å². The molecule has 0 saturated heterocycles. The van der Waals surface area contributed by atoms with Gasteiger partial charge in [-0.2, -0.15) is 5.10 Å². The Labute approximate surface area is 151 Å². The molecular formula is C19H20N2O5. The lowest BCUT2D eigenvalue weighted by Gasteiger charge is -2.14. The van der Waals surface area contributed by atoms with E-state index in [0.717, 1.165) is 0 Å². The third-order valence-electron chi connectivity index (χ3n) is 3.35. The number of ether oxygens (including phenoxy) is 2. The summed E-state index contributed by atoms with van der Waals surface area (Å²) in [5.41, 5.74) is 3.19. The average molecular weight is 356 g/mol. The predicted molar refractivity (Wildman–Crippen MR) is 97.2 cm³/mol. The van der Waals surface area contributed by atoms with Gasteiger partial charge in [0, 0.05) is 11.1 Å².